The van der Waals surface area contributed by atoms with Crippen molar-refractivity contribution in [3.63, 3.8) is 0 Å². The first-order valence-electron chi connectivity index (χ1n) is 12.2. The molecule has 14 nitrogen and oxygen atoms in total. The van der Waals surface area contributed by atoms with Crippen LogP contribution in [0.5, 0.6) is 0 Å². The minimum atomic E-state index is -4.70. The molecule has 0 aromatic heterocycles. The first-order chi connectivity index (χ1) is 19.7. The van der Waals surface area contributed by atoms with Gasteiger partial charge in [0.25, 0.3) is 20.2 Å². The van der Waals surface area contributed by atoms with Crippen molar-refractivity contribution in [3.8, 4) is 0 Å². The lowest BCUT2D eigenvalue weighted by molar-refractivity contribution is -0.115. The van der Waals surface area contributed by atoms with Gasteiger partial charge in [0, 0.05) is 24.5 Å². The van der Waals surface area contributed by atoms with Crippen molar-refractivity contribution in [2.45, 2.75) is 22.6 Å². The van der Waals surface area contributed by atoms with Crippen LogP contribution in [-0.2, 0) is 29.8 Å². The minimum absolute atomic E-state index is 0.0160. The lowest BCUT2D eigenvalue weighted by atomic mass is 10.0. The van der Waals surface area contributed by atoms with Gasteiger partial charge in [-0.3, -0.25) is 18.7 Å². The molecule has 0 amide bonds. The normalized spacial score (nSPS) is 14.3. The summed E-state index contributed by atoms with van der Waals surface area (Å²) in [6.45, 7) is 1.35. The van der Waals surface area contributed by atoms with Crippen molar-refractivity contribution in [1.82, 2.24) is 0 Å². The average molecular weight is 664 g/mol. The Hall–Kier alpha value is -3.22. The van der Waals surface area contributed by atoms with E-state index in [1.165, 1.54) is 24.3 Å². The standard InChI is InChI=1S/C24H28Cl2N6O8S2/c25-19-21(31-13-3-5-15(29-9-1-7-27)17(11-13)41(35,36)37)23(33)20(26)22(24(19)34)32-14-4-6-16(30-10-2-8-28)18(12-14)42(38,39)40/h3-6,11-12,29-32H,1-2,7-10,27-28H2,(H,35,36,37)(H,38,39,40). The van der Waals surface area contributed by atoms with E-state index in [1.807, 2.05) is 0 Å². The van der Waals surface area contributed by atoms with E-state index in [2.05, 4.69) is 21.3 Å². The Bertz CT molecular complexity index is 1550. The summed E-state index contributed by atoms with van der Waals surface area (Å²) in [5, 5.41) is 9.59. The predicted molar refractivity (Wildman–Crippen MR) is 160 cm³/mol. The molecule has 0 unspecified atom stereocenters. The summed E-state index contributed by atoms with van der Waals surface area (Å²) in [7, 11) is -9.40. The second kappa shape index (κ2) is 13.8. The highest BCUT2D eigenvalue weighted by molar-refractivity contribution is 7.86. The third-order valence-electron chi connectivity index (χ3n) is 5.74. The second-order valence-corrected chi connectivity index (χ2v) is 12.3. The highest BCUT2D eigenvalue weighted by atomic mass is 35.5. The van der Waals surface area contributed by atoms with Gasteiger partial charge >= 0.3 is 0 Å². The molecule has 0 spiro atoms. The Morgan fingerprint density at radius 1 is 0.667 bits per heavy atom. The summed E-state index contributed by atoms with van der Waals surface area (Å²) in [5.41, 5.74) is 10.1. The first-order valence-corrected chi connectivity index (χ1v) is 15.9. The molecule has 0 radical (unpaired) electrons. The summed E-state index contributed by atoms with van der Waals surface area (Å²) in [6.07, 6.45) is 1.05. The number of carbonyl (C=O) groups is 2. The molecule has 0 heterocycles. The molecule has 1 aliphatic carbocycles. The summed E-state index contributed by atoms with van der Waals surface area (Å²) in [6, 6.07) is 7.47. The topological polar surface area (TPSA) is 243 Å². The molecule has 10 N–H and O–H groups in total. The number of ketones is 2. The van der Waals surface area contributed by atoms with Crippen LogP contribution >= 0.6 is 23.2 Å². The average Bonchev–Trinajstić information content (AvgIpc) is 2.92. The quantitative estimate of drug-likeness (QED) is 0.0822. The number of rotatable bonds is 14. The zero-order valence-electron chi connectivity index (χ0n) is 21.8. The Labute approximate surface area is 252 Å². The van der Waals surface area contributed by atoms with Crippen LogP contribution in [0.4, 0.5) is 22.7 Å². The monoisotopic (exact) mass is 662 g/mol. The Morgan fingerprint density at radius 2 is 1.02 bits per heavy atom. The van der Waals surface area contributed by atoms with E-state index < -0.39 is 63.1 Å². The number of hydrogen-bond donors (Lipinski definition) is 8. The predicted octanol–water partition coefficient (Wildman–Crippen LogP) is 2.28. The van der Waals surface area contributed by atoms with Crippen molar-refractivity contribution in [2.24, 2.45) is 11.5 Å². The molecule has 18 heteroatoms. The molecule has 228 valence electrons. The fraction of sp³-hybridized carbons (Fsp3) is 0.250. The summed E-state index contributed by atoms with van der Waals surface area (Å²) >= 11 is 12.4. The molecule has 2 aromatic carbocycles. The maximum Gasteiger partial charge on any atom is 0.296 e. The van der Waals surface area contributed by atoms with Gasteiger partial charge in [-0.25, -0.2) is 0 Å². The number of Topliss-reactive ketones (excluding diaryl/α,β-unsaturated/α-hetero) is 2. The van der Waals surface area contributed by atoms with Gasteiger partial charge in [0.2, 0.25) is 11.6 Å². The van der Waals surface area contributed by atoms with Gasteiger partial charge in [-0.05, 0) is 62.3 Å². The van der Waals surface area contributed by atoms with Gasteiger partial charge in [-0.2, -0.15) is 16.8 Å². The minimum Gasteiger partial charge on any atom is -0.384 e. The molecule has 0 saturated heterocycles. The first kappa shape index (κ1) is 33.3. The Balaban J connectivity index is 1.90. The van der Waals surface area contributed by atoms with Crippen LogP contribution in [0.1, 0.15) is 12.8 Å². The van der Waals surface area contributed by atoms with Crippen LogP contribution < -0.4 is 32.7 Å². The number of nitrogens with one attached hydrogen (secondary N) is 4. The van der Waals surface area contributed by atoms with Crippen molar-refractivity contribution < 1.29 is 35.5 Å². The van der Waals surface area contributed by atoms with Crippen LogP contribution in [0.3, 0.4) is 0 Å². The summed E-state index contributed by atoms with van der Waals surface area (Å²) in [5.74, 6) is -1.89. The molecule has 0 aliphatic heterocycles. The number of anilines is 4. The van der Waals surface area contributed by atoms with E-state index in [0.717, 1.165) is 12.1 Å². The fourth-order valence-electron chi connectivity index (χ4n) is 3.73. The van der Waals surface area contributed by atoms with Gasteiger partial charge in [-0.15, -0.1) is 0 Å². The summed E-state index contributed by atoms with van der Waals surface area (Å²) in [4.78, 5) is 25.2. The second-order valence-electron chi connectivity index (χ2n) is 8.80. The molecular formula is C24H28Cl2N6O8S2. The van der Waals surface area contributed by atoms with E-state index in [9.17, 15) is 35.5 Å². The Morgan fingerprint density at radius 3 is 1.33 bits per heavy atom. The van der Waals surface area contributed by atoms with Crippen molar-refractivity contribution in [1.29, 1.82) is 0 Å². The van der Waals surface area contributed by atoms with E-state index in [1.54, 1.807) is 0 Å². The van der Waals surface area contributed by atoms with Gasteiger partial charge in [0.15, 0.2) is 0 Å². The number of hydrogen-bond acceptors (Lipinski definition) is 12. The van der Waals surface area contributed by atoms with Gasteiger partial charge in [0.1, 0.15) is 31.2 Å². The molecule has 3 rings (SSSR count). The van der Waals surface area contributed by atoms with Crippen molar-refractivity contribution in [3.05, 3.63) is 57.9 Å². The number of halogens is 2. The molecule has 0 bridgehead atoms. The van der Waals surface area contributed by atoms with Crippen LogP contribution in [0.25, 0.3) is 0 Å². The molecule has 0 atom stereocenters. The number of nitrogens with two attached hydrogens (primary N) is 2. The lowest BCUT2D eigenvalue weighted by Crippen LogP contribution is -2.27. The maximum atomic E-state index is 13.1. The number of carbonyl (C=O) groups excluding carboxylic acids is 2. The molecule has 42 heavy (non-hydrogen) atoms. The largest absolute Gasteiger partial charge is 0.384 e. The Kier molecular flexibility index (Phi) is 11.0. The third-order valence-corrected chi connectivity index (χ3v) is 8.25. The van der Waals surface area contributed by atoms with E-state index >= 15 is 0 Å². The zero-order chi connectivity index (χ0) is 31.2. The van der Waals surface area contributed by atoms with Crippen LogP contribution in [-0.4, -0.2) is 63.7 Å². The highest BCUT2D eigenvalue weighted by Gasteiger charge is 2.34. The molecule has 1 aliphatic rings. The SMILES string of the molecule is NCCCNc1ccc(NC2=C(Cl)C(=O)C(Nc3ccc(NCCCN)c(S(=O)(=O)O)c3)=C(Cl)C2=O)cc1S(=O)(=O)O. The van der Waals surface area contributed by atoms with Gasteiger partial charge < -0.3 is 32.7 Å². The number of allylic oxidation sites excluding steroid dienone is 2. The van der Waals surface area contributed by atoms with Gasteiger partial charge in [0.05, 0.1) is 11.4 Å². The molecule has 0 fully saturated rings. The van der Waals surface area contributed by atoms with E-state index in [-0.39, 0.29) is 22.7 Å². The van der Waals surface area contributed by atoms with Crippen LogP contribution in [0.15, 0.2) is 67.6 Å². The fourth-order valence-corrected chi connectivity index (χ4v) is 5.57. The van der Waals surface area contributed by atoms with Gasteiger partial charge in [-0.1, -0.05) is 23.2 Å². The molecular weight excluding hydrogens is 635 g/mol. The van der Waals surface area contributed by atoms with E-state index in [0.29, 0.717) is 39.0 Å². The van der Waals surface area contributed by atoms with Crippen molar-refractivity contribution >= 4 is 77.8 Å². The smallest absolute Gasteiger partial charge is 0.296 e. The highest BCUT2D eigenvalue weighted by Crippen LogP contribution is 2.34. The number of benzene rings is 2. The maximum absolute atomic E-state index is 13.1. The lowest BCUT2D eigenvalue weighted by Gasteiger charge is -2.21. The van der Waals surface area contributed by atoms with Crippen LogP contribution in [0.2, 0.25) is 0 Å². The molecule has 0 saturated carbocycles. The van der Waals surface area contributed by atoms with Crippen LogP contribution in [0, 0.1) is 0 Å². The summed E-state index contributed by atoms with van der Waals surface area (Å²) < 4.78 is 67.2. The van der Waals surface area contributed by atoms with Crippen molar-refractivity contribution in [2.75, 3.05) is 47.4 Å². The van der Waals surface area contributed by atoms with E-state index in [4.69, 9.17) is 34.7 Å². The molecule has 2 aromatic rings. The zero-order valence-corrected chi connectivity index (χ0v) is 24.9. The third kappa shape index (κ3) is 7.99.